The van der Waals surface area contributed by atoms with E-state index in [1.54, 1.807) is 42.9 Å². The van der Waals surface area contributed by atoms with Gasteiger partial charge in [-0.2, -0.15) is 0 Å². The van der Waals surface area contributed by atoms with E-state index in [1.807, 2.05) is 35.7 Å². The van der Waals surface area contributed by atoms with Crippen molar-refractivity contribution in [2.24, 2.45) is 0 Å². The summed E-state index contributed by atoms with van der Waals surface area (Å²) >= 11 is -0.810. The maximum atomic E-state index is 13.5. The van der Waals surface area contributed by atoms with Crippen molar-refractivity contribution in [3.63, 3.8) is 0 Å². The van der Waals surface area contributed by atoms with E-state index < -0.39 is 35.4 Å². The number of alkyl carbamates (subject to hydrolysis) is 1. The molecule has 0 radical (unpaired) electrons. The van der Waals surface area contributed by atoms with Gasteiger partial charge in [0, 0.05) is 29.9 Å². The Labute approximate surface area is 231 Å². The first-order valence-electron chi connectivity index (χ1n) is 11.8. The lowest BCUT2D eigenvalue weighted by molar-refractivity contribution is -0.123. The van der Waals surface area contributed by atoms with Gasteiger partial charge in [-0.3, -0.25) is 24.0 Å². The number of hydrogen-bond donors (Lipinski definition) is 4. The maximum absolute atomic E-state index is 13.5. The summed E-state index contributed by atoms with van der Waals surface area (Å²) in [4.78, 5) is 38.7. The smallest absolute Gasteiger partial charge is 0.407 e. The molecule has 4 N–H and O–H groups in total. The van der Waals surface area contributed by atoms with Crippen LogP contribution >= 0.6 is 11.3 Å². The van der Waals surface area contributed by atoms with Gasteiger partial charge in [0.05, 0.1) is 25.0 Å². The molecule has 0 fully saturated rings. The molecule has 2 amide bonds. The minimum atomic E-state index is -2.19. The average Bonchev–Trinajstić information content (AvgIpc) is 3.44. The lowest BCUT2D eigenvalue weighted by atomic mass is 10.0. The van der Waals surface area contributed by atoms with Crippen molar-refractivity contribution >= 4 is 40.3 Å². The van der Waals surface area contributed by atoms with Gasteiger partial charge in [-0.05, 0) is 29.7 Å². The van der Waals surface area contributed by atoms with E-state index in [2.05, 4.69) is 25.3 Å². The highest BCUT2D eigenvalue weighted by molar-refractivity contribution is 7.80. The van der Waals surface area contributed by atoms with Crippen molar-refractivity contribution in [3.05, 3.63) is 95.4 Å². The van der Waals surface area contributed by atoms with Crippen LogP contribution < -0.4 is 15.4 Å². The highest BCUT2D eigenvalue weighted by atomic mass is 32.2. The first-order chi connectivity index (χ1) is 18.9. The summed E-state index contributed by atoms with van der Waals surface area (Å²) < 4.78 is 27.3. The number of rotatable bonds is 11. The number of thiazole rings is 1. The van der Waals surface area contributed by atoms with Crippen LogP contribution in [0.2, 0.25) is 0 Å². The summed E-state index contributed by atoms with van der Waals surface area (Å²) in [6.07, 6.45) is 4.68. The number of benzene rings is 2. The second kappa shape index (κ2) is 13.6. The number of ether oxygens (including phenoxy) is 1. The second-order valence-corrected chi connectivity index (χ2v) is 9.92. The molecule has 1 unspecified atom stereocenters. The Hall–Kier alpha value is -4.20. The van der Waals surface area contributed by atoms with Crippen molar-refractivity contribution in [1.29, 1.82) is 0 Å². The largest absolute Gasteiger partial charge is 0.453 e. The van der Waals surface area contributed by atoms with E-state index in [4.69, 9.17) is 14.3 Å². The topological polar surface area (TPSA) is 155 Å². The van der Waals surface area contributed by atoms with Crippen molar-refractivity contribution in [3.8, 4) is 10.7 Å². The molecule has 39 heavy (non-hydrogen) atoms. The molecule has 0 aliphatic rings. The zero-order chi connectivity index (χ0) is 27.6. The third kappa shape index (κ3) is 8.14. The van der Waals surface area contributed by atoms with Crippen molar-refractivity contribution in [1.82, 2.24) is 25.6 Å². The number of nitrogens with one attached hydrogen (secondary N) is 3. The molecule has 0 spiro atoms. The highest BCUT2D eigenvalue weighted by Gasteiger charge is 2.26. The van der Waals surface area contributed by atoms with Crippen molar-refractivity contribution in [2.45, 2.75) is 24.9 Å². The molecule has 2 aromatic carbocycles. The highest BCUT2D eigenvalue weighted by Crippen LogP contribution is 2.27. The number of carbonyl (C=O) groups is 2. The minimum absolute atomic E-state index is 0.259. The van der Waals surface area contributed by atoms with Crippen molar-refractivity contribution < 1.29 is 23.1 Å². The van der Waals surface area contributed by atoms with Crippen LogP contribution in [0, 0.1) is 0 Å². The van der Waals surface area contributed by atoms with Gasteiger partial charge in [-0.15, -0.1) is 11.3 Å². The number of carbonyl (C=O) groups excluding carboxylic acids is 2. The van der Waals surface area contributed by atoms with Crippen LogP contribution in [0.1, 0.15) is 22.9 Å². The number of amides is 2. The summed E-state index contributed by atoms with van der Waals surface area (Å²) in [5.41, 5.74) is 3.42. The van der Waals surface area contributed by atoms with Gasteiger partial charge >= 0.3 is 6.09 Å². The Morgan fingerprint density at radius 1 is 1.03 bits per heavy atom. The fourth-order valence-corrected chi connectivity index (χ4v) is 4.95. The zero-order valence-corrected chi connectivity index (χ0v) is 22.4. The molecule has 4 rings (SSSR count). The molecule has 2 aromatic heterocycles. The van der Waals surface area contributed by atoms with E-state index in [-0.39, 0.29) is 6.42 Å². The first kappa shape index (κ1) is 27.8. The van der Waals surface area contributed by atoms with Gasteiger partial charge in [0.1, 0.15) is 16.7 Å². The van der Waals surface area contributed by atoms with Gasteiger partial charge in [-0.1, -0.05) is 42.5 Å². The number of anilines is 1. The first-order valence-corrected chi connectivity index (χ1v) is 13.8. The number of hydrogen-bond acceptors (Lipinski definition) is 8. The van der Waals surface area contributed by atoms with Crippen LogP contribution in [0.4, 0.5) is 10.5 Å². The van der Waals surface area contributed by atoms with E-state index in [1.165, 1.54) is 18.4 Å². The maximum Gasteiger partial charge on any atom is 0.407 e. The van der Waals surface area contributed by atoms with Gasteiger partial charge in [0.25, 0.3) is 11.3 Å². The Balaban J connectivity index is 1.60. The molecular weight excluding hydrogens is 540 g/mol. The zero-order valence-electron chi connectivity index (χ0n) is 20.8. The normalized spacial score (nSPS) is 13.1. The summed E-state index contributed by atoms with van der Waals surface area (Å²) in [7, 11) is 1.24. The van der Waals surface area contributed by atoms with Gasteiger partial charge in [0.2, 0.25) is 5.91 Å². The monoisotopic (exact) mass is 566 g/mol. The van der Waals surface area contributed by atoms with Crippen molar-refractivity contribution in [2.75, 3.05) is 11.8 Å². The summed E-state index contributed by atoms with van der Waals surface area (Å²) in [6.45, 7) is 0. The molecule has 0 bridgehead atoms. The molecule has 202 valence electrons. The van der Waals surface area contributed by atoms with Crippen LogP contribution in [-0.2, 0) is 33.6 Å². The predicted molar refractivity (Wildman–Crippen MR) is 148 cm³/mol. The Kier molecular flexibility index (Phi) is 9.67. The molecule has 0 saturated carbocycles. The Morgan fingerprint density at radius 2 is 1.77 bits per heavy atom. The molecule has 3 atom stereocenters. The lowest BCUT2D eigenvalue weighted by Gasteiger charge is -2.23. The summed E-state index contributed by atoms with van der Waals surface area (Å²) in [6, 6.07) is 14.8. The van der Waals surface area contributed by atoms with Gasteiger partial charge in [-0.25, -0.2) is 14.0 Å². The third-order valence-corrected chi connectivity index (χ3v) is 6.95. The second-order valence-electron chi connectivity index (χ2n) is 8.36. The molecular formula is C26H26N6O5S2. The molecule has 2 heterocycles. The molecule has 0 aliphatic carbocycles. The standard InChI is InChI=1S/C26H26N6O5S2/c1-37-26(34)31-21(14-17-5-3-2-4-6-17)24(33)29-20(13-18-7-9-19(10-8-18)32-39(35)36)23-16-38-25(30-23)22-15-27-11-12-28-22/h2-12,15-16,20-21,32H,13-14H2,1H3,(H,29,33)(H,31,34)(H,35,36)/t20-,21-/m0/s1. The van der Waals surface area contributed by atoms with Crippen LogP contribution in [-0.4, -0.2) is 48.9 Å². The minimum Gasteiger partial charge on any atom is -0.453 e. The number of methoxy groups -OCH3 is 1. The molecule has 11 nitrogen and oxygen atoms in total. The van der Waals surface area contributed by atoms with Crippen LogP contribution in [0.25, 0.3) is 10.7 Å². The van der Waals surface area contributed by atoms with E-state index >= 15 is 0 Å². The number of aromatic nitrogens is 3. The van der Waals surface area contributed by atoms with Gasteiger partial charge in [0.15, 0.2) is 0 Å². The molecule has 13 heteroatoms. The fourth-order valence-electron chi connectivity index (χ4n) is 3.78. The predicted octanol–water partition coefficient (Wildman–Crippen LogP) is 3.52. The Morgan fingerprint density at radius 3 is 2.44 bits per heavy atom. The van der Waals surface area contributed by atoms with E-state index in [0.29, 0.717) is 28.5 Å². The van der Waals surface area contributed by atoms with Crippen LogP contribution in [0.3, 0.4) is 0 Å². The third-order valence-electron chi connectivity index (χ3n) is 5.65. The average molecular weight is 567 g/mol. The lowest BCUT2D eigenvalue weighted by Crippen LogP contribution is -2.49. The molecule has 0 aliphatic heterocycles. The Bertz CT molecular complexity index is 1400. The molecule has 0 saturated heterocycles. The van der Waals surface area contributed by atoms with Gasteiger partial charge < -0.3 is 15.4 Å². The van der Waals surface area contributed by atoms with Crippen LogP contribution in [0.15, 0.2) is 78.6 Å². The quantitative estimate of drug-likeness (QED) is 0.201. The molecule has 4 aromatic rings. The SMILES string of the molecule is COC(=O)N[C@@H](Cc1ccccc1)C(=O)N[C@@H](Cc1ccc(NS(=O)O)cc1)c1csc(-c2cnccn2)n1. The van der Waals surface area contributed by atoms with E-state index in [9.17, 15) is 13.8 Å². The number of nitrogens with zero attached hydrogens (tertiary/aromatic N) is 3. The fraction of sp³-hybridized carbons (Fsp3) is 0.192. The van der Waals surface area contributed by atoms with Crippen LogP contribution in [0.5, 0.6) is 0 Å². The van der Waals surface area contributed by atoms with E-state index in [0.717, 1.165) is 11.1 Å². The summed E-state index contributed by atoms with van der Waals surface area (Å²) in [5, 5.41) is 8.16. The summed E-state index contributed by atoms with van der Waals surface area (Å²) in [5.74, 6) is -0.405.